The molecule has 1 aliphatic rings. The summed E-state index contributed by atoms with van der Waals surface area (Å²) in [7, 11) is 0. The standard InChI is InChI=1S/C18H17ClF2N2O2S2/c19-13-5-2-1-4-12(13)16(24)22-7-3-8-23(10-9-22)17(25)15-14(6-11-26-15)27-18(20)21/h1-2,4-6,11,18H,3,7-10H2. The normalized spacial score (nSPS) is 15.1. The minimum Gasteiger partial charge on any atom is -0.337 e. The molecule has 144 valence electrons. The second-order valence-corrected chi connectivity index (χ2v) is 8.27. The van der Waals surface area contributed by atoms with Gasteiger partial charge in [-0.2, -0.15) is 8.78 Å². The fraction of sp³-hybridized carbons (Fsp3) is 0.333. The number of hydrogen-bond donors (Lipinski definition) is 0. The van der Waals surface area contributed by atoms with Crippen molar-refractivity contribution < 1.29 is 18.4 Å². The van der Waals surface area contributed by atoms with Gasteiger partial charge in [0.15, 0.2) is 0 Å². The monoisotopic (exact) mass is 430 g/mol. The highest BCUT2D eigenvalue weighted by atomic mass is 35.5. The van der Waals surface area contributed by atoms with Crippen LogP contribution in [0.3, 0.4) is 0 Å². The van der Waals surface area contributed by atoms with Crippen LogP contribution >= 0.6 is 34.7 Å². The molecule has 1 aromatic carbocycles. The SMILES string of the molecule is O=C(c1ccccc1Cl)N1CCCN(C(=O)c2sccc2SC(F)F)CC1. The molecule has 0 atom stereocenters. The van der Waals surface area contributed by atoms with Gasteiger partial charge in [-0.15, -0.1) is 11.3 Å². The Labute approximate surface area is 169 Å². The zero-order valence-corrected chi connectivity index (χ0v) is 16.6. The first-order chi connectivity index (χ1) is 13.0. The first-order valence-corrected chi connectivity index (χ1v) is 10.5. The van der Waals surface area contributed by atoms with Crippen LogP contribution in [0, 0.1) is 0 Å². The van der Waals surface area contributed by atoms with Crippen LogP contribution in [0.15, 0.2) is 40.6 Å². The number of rotatable bonds is 4. The number of hydrogen-bond acceptors (Lipinski definition) is 4. The van der Waals surface area contributed by atoms with Crippen LogP contribution in [0.25, 0.3) is 0 Å². The van der Waals surface area contributed by atoms with Gasteiger partial charge in [-0.1, -0.05) is 35.5 Å². The highest BCUT2D eigenvalue weighted by molar-refractivity contribution is 7.99. The Kier molecular flexibility index (Phi) is 6.73. The molecule has 1 fully saturated rings. The molecular weight excluding hydrogens is 414 g/mol. The Balaban J connectivity index is 1.68. The first-order valence-electron chi connectivity index (χ1n) is 8.32. The number of alkyl halides is 2. The number of carbonyl (C=O) groups is 2. The molecule has 0 radical (unpaired) electrons. The third-order valence-electron chi connectivity index (χ3n) is 4.21. The van der Waals surface area contributed by atoms with Gasteiger partial charge in [0.25, 0.3) is 17.6 Å². The van der Waals surface area contributed by atoms with E-state index in [4.69, 9.17) is 11.6 Å². The first kappa shape index (κ1) is 20.1. The average Bonchev–Trinajstić information content (AvgIpc) is 2.95. The highest BCUT2D eigenvalue weighted by Crippen LogP contribution is 2.33. The highest BCUT2D eigenvalue weighted by Gasteiger charge is 2.26. The maximum Gasteiger partial charge on any atom is 0.288 e. The molecule has 0 N–H and O–H groups in total. The van der Waals surface area contributed by atoms with E-state index in [1.54, 1.807) is 45.5 Å². The Hall–Kier alpha value is -1.64. The van der Waals surface area contributed by atoms with Crippen molar-refractivity contribution in [1.82, 2.24) is 9.80 Å². The number of nitrogens with zero attached hydrogens (tertiary/aromatic N) is 2. The summed E-state index contributed by atoms with van der Waals surface area (Å²) >= 11 is 7.66. The van der Waals surface area contributed by atoms with Crippen molar-refractivity contribution in [2.24, 2.45) is 0 Å². The molecular formula is C18H17ClF2N2O2S2. The number of thioether (sulfide) groups is 1. The molecule has 2 heterocycles. The molecule has 9 heteroatoms. The number of benzene rings is 1. The Bertz CT molecular complexity index is 831. The van der Waals surface area contributed by atoms with Crippen LogP contribution in [0.2, 0.25) is 5.02 Å². The maximum absolute atomic E-state index is 12.8. The van der Waals surface area contributed by atoms with Crippen molar-refractivity contribution >= 4 is 46.5 Å². The molecule has 2 amide bonds. The van der Waals surface area contributed by atoms with E-state index in [0.717, 1.165) is 11.3 Å². The van der Waals surface area contributed by atoms with E-state index in [-0.39, 0.29) is 11.8 Å². The third-order valence-corrected chi connectivity index (χ3v) is 6.35. The summed E-state index contributed by atoms with van der Waals surface area (Å²) in [6, 6.07) is 8.41. The number of amides is 2. The lowest BCUT2D eigenvalue weighted by Gasteiger charge is -2.22. The summed E-state index contributed by atoms with van der Waals surface area (Å²) in [5.74, 6) is -3.00. The van der Waals surface area contributed by atoms with E-state index in [9.17, 15) is 18.4 Å². The molecule has 0 unspecified atom stereocenters. The van der Waals surface area contributed by atoms with E-state index in [2.05, 4.69) is 0 Å². The molecule has 2 aromatic rings. The fourth-order valence-electron chi connectivity index (χ4n) is 2.91. The van der Waals surface area contributed by atoms with Crippen LogP contribution in [0.4, 0.5) is 8.78 Å². The summed E-state index contributed by atoms with van der Waals surface area (Å²) in [6.45, 7) is 1.71. The fourth-order valence-corrected chi connectivity index (χ4v) is 4.79. The summed E-state index contributed by atoms with van der Waals surface area (Å²) in [4.78, 5) is 29.4. The zero-order valence-electron chi connectivity index (χ0n) is 14.2. The second-order valence-electron chi connectivity index (χ2n) is 5.91. The van der Waals surface area contributed by atoms with Gasteiger partial charge in [-0.25, -0.2) is 0 Å². The molecule has 1 aliphatic heterocycles. The average molecular weight is 431 g/mol. The summed E-state index contributed by atoms with van der Waals surface area (Å²) < 4.78 is 25.3. The van der Waals surface area contributed by atoms with Crippen LogP contribution in [0.1, 0.15) is 26.5 Å². The molecule has 0 saturated carbocycles. The van der Waals surface area contributed by atoms with Crippen molar-refractivity contribution in [3.63, 3.8) is 0 Å². The van der Waals surface area contributed by atoms with Gasteiger partial charge in [0.05, 0.1) is 10.6 Å². The molecule has 3 rings (SSSR count). The van der Waals surface area contributed by atoms with Crippen molar-refractivity contribution in [1.29, 1.82) is 0 Å². The lowest BCUT2D eigenvalue weighted by molar-refractivity contribution is 0.0719. The van der Waals surface area contributed by atoms with Crippen molar-refractivity contribution in [2.75, 3.05) is 26.2 Å². The molecule has 1 saturated heterocycles. The van der Waals surface area contributed by atoms with Crippen LogP contribution in [-0.2, 0) is 0 Å². The molecule has 0 spiro atoms. The van der Waals surface area contributed by atoms with E-state index < -0.39 is 5.76 Å². The minimum absolute atomic E-state index is 0.167. The predicted molar refractivity (Wildman–Crippen MR) is 104 cm³/mol. The van der Waals surface area contributed by atoms with Gasteiger partial charge in [0.1, 0.15) is 4.88 Å². The van der Waals surface area contributed by atoms with E-state index in [1.807, 2.05) is 0 Å². The van der Waals surface area contributed by atoms with Gasteiger partial charge in [0, 0.05) is 31.1 Å². The van der Waals surface area contributed by atoms with Gasteiger partial charge in [-0.05, 0) is 30.0 Å². The van der Waals surface area contributed by atoms with Gasteiger partial charge < -0.3 is 9.80 Å². The molecule has 4 nitrogen and oxygen atoms in total. The lowest BCUT2D eigenvalue weighted by Crippen LogP contribution is -2.37. The largest absolute Gasteiger partial charge is 0.337 e. The van der Waals surface area contributed by atoms with Gasteiger partial charge in [0.2, 0.25) is 0 Å². The van der Waals surface area contributed by atoms with Gasteiger partial charge >= 0.3 is 0 Å². The Morgan fingerprint density at radius 2 is 1.70 bits per heavy atom. The van der Waals surface area contributed by atoms with Crippen LogP contribution in [0.5, 0.6) is 0 Å². The number of carbonyl (C=O) groups excluding carboxylic acids is 2. The van der Waals surface area contributed by atoms with Gasteiger partial charge in [-0.3, -0.25) is 9.59 Å². The van der Waals surface area contributed by atoms with Crippen LogP contribution < -0.4 is 0 Å². The van der Waals surface area contributed by atoms with E-state index in [0.29, 0.717) is 64.7 Å². The van der Waals surface area contributed by atoms with E-state index in [1.165, 1.54) is 0 Å². The van der Waals surface area contributed by atoms with Crippen LogP contribution in [-0.4, -0.2) is 53.6 Å². The lowest BCUT2D eigenvalue weighted by atomic mass is 10.2. The minimum atomic E-state index is -2.57. The van der Waals surface area contributed by atoms with Crippen molar-refractivity contribution in [3.8, 4) is 0 Å². The smallest absolute Gasteiger partial charge is 0.288 e. The molecule has 1 aromatic heterocycles. The van der Waals surface area contributed by atoms with E-state index >= 15 is 0 Å². The van der Waals surface area contributed by atoms with Crippen molar-refractivity contribution in [2.45, 2.75) is 17.1 Å². The third kappa shape index (κ3) is 4.80. The molecule has 0 aliphatic carbocycles. The zero-order chi connectivity index (χ0) is 19.4. The number of halogens is 3. The second kappa shape index (κ2) is 9.03. The molecule has 0 bridgehead atoms. The quantitative estimate of drug-likeness (QED) is 0.660. The summed E-state index contributed by atoms with van der Waals surface area (Å²) in [6.07, 6.45) is 0.616. The Morgan fingerprint density at radius 1 is 1.04 bits per heavy atom. The van der Waals surface area contributed by atoms with Crippen molar-refractivity contribution in [3.05, 3.63) is 51.2 Å². The Morgan fingerprint density at radius 3 is 2.37 bits per heavy atom. The maximum atomic E-state index is 12.8. The summed E-state index contributed by atoms with van der Waals surface area (Å²) in [5.41, 5.74) is 0.438. The number of thiophene rings is 1. The molecule has 27 heavy (non-hydrogen) atoms. The predicted octanol–water partition coefficient (Wildman–Crippen LogP) is 4.70. The summed E-state index contributed by atoms with van der Waals surface area (Å²) in [5, 5.41) is 2.04. The topological polar surface area (TPSA) is 40.6 Å².